The van der Waals surface area contributed by atoms with Crippen LogP contribution in [0.4, 0.5) is 0 Å². The molecule has 1 aliphatic heterocycles. The number of ether oxygens (including phenoxy) is 3. The van der Waals surface area contributed by atoms with Crippen molar-refractivity contribution >= 4 is 21.6 Å². The minimum atomic E-state index is 0.525. The van der Waals surface area contributed by atoms with Crippen molar-refractivity contribution in [3.8, 4) is 11.5 Å². The summed E-state index contributed by atoms with van der Waals surface area (Å²) in [4.78, 5) is 0.525. The van der Waals surface area contributed by atoms with Gasteiger partial charge < -0.3 is 18.8 Å². The van der Waals surface area contributed by atoms with Gasteiger partial charge in [0, 0.05) is 25.3 Å². The van der Waals surface area contributed by atoms with Gasteiger partial charge in [-0.1, -0.05) is 11.3 Å². The van der Waals surface area contributed by atoms with E-state index in [1.807, 2.05) is 23.6 Å². The topological polar surface area (TPSA) is 56.5 Å². The molecule has 0 bridgehead atoms. The van der Waals surface area contributed by atoms with Crippen LogP contribution in [0.25, 0.3) is 10.2 Å². The first kappa shape index (κ1) is 12.5. The van der Waals surface area contributed by atoms with Gasteiger partial charge in [-0.15, -0.1) is 0 Å². The number of nitrogens with one attached hydrogen (secondary N) is 1. The third kappa shape index (κ3) is 2.33. The van der Waals surface area contributed by atoms with Crippen LogP contribution in [-0.2, 0) is 11.3 Å². The highest BCUT2D eigenvalue weighted by Crippen LogP contribution is 2.35. The number of rotatable bonds is 4. The first-order valence-electron chi connectivity index (χ1n) is 6.35. The molecule has 2 heterocycles. The minimum absolute atomic E-state index is 0.525. The van der Waals surface area contributed by atoms with Gasteiger partial charge in [-0.05, 0) is 6.92 Å². The molecule has 102 valence electrons. The van der Waals surface area contributed by atoms with E-state index in [1.54, 1.807) is 0 Å². The molecule has 5 nitrogen and oxygen atoms in total. The number of hydrogen-bond acceptors (Lipinski definition) is 5. The van der Waals surface area contributed by atoms with Gasteiger partial charge in [0.2, 0.25) is 0 Å². The lowest BCUT2D eigenvalue weighted by atomic mass is 10.2. The van der Waals surface area contributed by atoms with Gasteiger partial charge in [0.1, 0.15) is 13.2 Å². The fourth-order valence-electron chi connectivity index (χ4n) is 2.14. The first-order valence-corrected chi connectivity index (χ1v) is 7.16. The lowest BCUT2D eigenvalue weighted by Gasteiger charge is -2.18. The maximum atomic E-state index is 8.05. The van der Waals surface area contributed by atoms with Gasteiger partial charge in [0.15, 0.2) is 16.3 Å². The quantitative estimate of drug-likeness (QED) is 0.871. The summed E-state index contributed by atoms with van der Waals surface area (Å²) < 4.78 is 19.5. The van der Waals surface area contributed by atoms with Crippen molar-refractivity contribution in [2.45, 2.75) is 13.5 Å². The van der Waals surface area contributed by atoms with Gasteiger partial charge >= 0.3 is 0 Å². The zero-order chi connectivity index (χ0) is 13.2. The Kier molecular flexibility index (Phi) is 3.44. The molecular formula is C13H16N2O3S. The summed E-state index contributed by atoms with van der Waals surface area (Å²) >= 11 is 1.45. The SMILES string of the molecule is CCOCCn1c(=N)sc2cc3c(cc21)OCCO3. The van der Waals surface area contributed by atoms with E-state index in [2.05, 4.69) is 0 Å². The summed E-state index contributed by atoms with van der Waals surface area (Å²) in [6, 6.07) is 3.92. The molecule has 1 aromatic heterocycles. The predicted octanol–water partition coefficient (Wildman–Crippen LogP) is 1.99. The third-order valence-corrected chi connectivity index (χ3v) is 3.99. The van der Waals surface area contributed by atoms with Crippen LogP contribution < -0.4 is 14.3 Å². The van der Waals surface area contributed by atoms with Gasteiger partial charge in [-0.3, -0.25) is 5.41 Å². The Hall–Kier alpha value is -1.53. The highest BCUT2D eigenvalue weighted by atomic mass is 32.1. The summed E-state index contributed by atoms with van der Waals surface area (Å²) in [6.45, 7) is 5.14. The fourth-order valence-corrected chi connectivity index (χ4v) is 3.09. The minimum Gasteiger partial charge on any atom is -0.486 e. The molecule has 0 unspecified atom stereocenters. The van der Waals surface area contributed by atoms with Crippen molar-refractivity contribution in [2.24, 2.45) is 0 Å². The van der Waals surface area contributed by atoms with E-state index in [0.29, 0.717) is 37.8 Å². The zero-order valence-electron chi connectivity index (χ0n) is 10.8. The second-order valence-electron chi connectivity index (χ2n) is 4.22. The normalized spacial score (nSPS) is 13.9. The number of hydrogen-bond donors (Lipinski definition) is 1. The second-order valence-corrected chi connectivity index (χ2v) is 5.25. The molecule has 1 N–H and O–H groups in total. The summed E-state index contributed by atoms with van der Waals surface area (Å²) in [5.41, 5.74) is 1.01. The van der Waals surface area contributed by atoms with Crippen LogP contribution in [0, 0.1) is 5.41 Å². The first-order chi connectivity index (χ1) is 9.29. The molecule has 6 heteroatoms. The van der Waals surface area contributed by atoms with Crippen LogP contribution in [0.3, 0.4) is 0 Å². The summed E-state index contributed by atoms with van der Waals surface area (Å²) in [5, 5.41) is 8.05. The van der Waals surface area contributed by atoms with Crippen LogP contribution in [-0.4, -0.2) is 31.0 Å². The van der Waals surface area contributed by atoms with Crippen LogP contribution in [0.2, 0.25) is 0 Å². The molecule has 0 saturated heterocycles. The van der Waals surface area contributed by atoms with Crippen molar-refractivity contribution in [3.05, 3.63) is 16.9 Å². The molecule has 0 aliphatic carbocycles. The smallest absolute Gasteiger partial charge is 0.182 e. The maximum absolute atomic E-state index is 8.05. The molecule has 1 aliphatic rings. The largest absolute Gasteiger partial charge is 0.486 e. The molecule has 1 aromatic carbocycles. The average molecular weight is 280 g/mol. The molecule has 0 amide bonds. The molecule has 0 atom stereocenters. The van der Waals surface area contributed by atoms with Gasteiger partial charge in [-0.25, -0.2) is 0 Å². The zero-order valence-corrected chi connectivity index (χ0v) is 11.6. The van der Waals surface area contributed by atoms with Crippen LogP contribution in [0.15, 0.2) is 12.1 Å². The molecule has 0 radical (unpaired) electrons. The van der Waals surface area contributed by atoms with E-state index < -0.39 is 0 Å². The number of aromatic nitrogens is 1. The summed E-state index contributed by atoms with van der Waals surface area (Å²) in [5.74, 6) is 1.54. The number of nitrogens with zero attached hydrogens (tertiary/aromatic N) is 1. The molecule has 0 saturated carbocycles. The monoisotopic (exact) mass is 280 g/mol. The average Bonchev–Trinajstić information content (AvgIpc) is 2.72. The van der Waals surface area contributed by atoms with E-state index >= 15 is 0 Å². The van der Waals surface area contributed by atoms with Crippen molar-refractivity contribution in [2.75, 3.05) is 26.4 Å². The molecule has 3 rings (SSSR count). The third-order valence-electron chi connectivity index (χ3n) is 3.03. The Morgan fingerprint density at radius 3 is 2.79 bits per heavy atom. The number of thiazole rings is 1. The number of benzene rings is 1. The molecule has 0 spiro atoms. The van der Waals surface area contributed by atoms with E-state index in [-0.39, 0.29) is 0 Å². The van der Waals surface area contributed by atoms with Crippen molar-refractivity contribution in [1.29, 1.82) is 5.41 Å². The highest BCUT2D eigenvalue weighted by Gasteiger charge is 2.15. The van der Waals surface area contributed by atoms with E-state index in [1.165, 1.54) is 11.3 Å². The fraction of sp³-hybridized carbons (Fsp3) is 0.462. The summed E-state index contributed by atoms with van der Waals surface area (Å²) in [6.07, 6.45) is 0. The lowest BCUT2D eigenvalue weighted by Crippen LogP contribution is -2.17. The van der Waals surface area contributed by atoms with Crippen molar-refractivity contribution in [1.82, 2.24) is 4.57 Å². The van der Waals surface area contributed by atoms with Crippen molar-refractivity contribution in [3.63, 3.8) is 0 Å². The highest BCUT2D eigenvalue weighted by molar-refractivity contribution is 7.16. The Balaban J connectivity index is 2.02. The summed E-state index contributed by atoms with van der Waals surface area (Å²) in [7, 11) is 0. The molecule has 0 fully saturated rings. The lowest BCUT2D eigenvalue weighted by molar-refractivity contribution is 0.139. The Morgan fingerprint density at radius 1 is 1.32 bits per heavy atom. The molecule has 2 aromatic rings. The van der Waals surface area contributed by atoms with Crippen LogP contribution in [0.5, 0.6) is 11.5 Å². The van der Waals surface area contributed by atoms with Crippen LogP contribution in [0.1, 0.15) is 6.92 Å². The Morgan fingerprint density at radius 2 is 2.05 bits per heavy atom. The predicted molar refractivity (Wildman–Crippen MR) is 73.2 cm³/mol. The van der Waals surface area contributed by atoms with Gasteiger partial charge in [0.05, 0.1) is 16.8 Å². The maximum Gasteiger partial charge on any atom is 0.182 e. The molecule has 19 heavy (non-hydrogen) atoms. The van der Waals surface area contributed by atoms with E-state index in [9.17, 15) is 0 Å². The van der Waals surface area contributed by atoms with Crippen LogP contribution >= 0.6 is 11.3 Å². The van der Waals surface area contributed by atoms with E-state index in [4.69, 9.17) is 19.6 Å². The Labute approximate surface area is 114 Å². The number of fused-ring (bicyclic) bond motifs is 2. The standard InChI is InChI=1S/C13H16N2O3S/c1-2-16-4-3-15-9-7-10-11(18-6-5-17-10)8-12(9)19-13(15)14/h7-8,14H,2-6H2,1H3. The van der Waals surface area contributed by atoms with Gasteiger partial charge in [-0.2, -0.15) is 0 Å². The second kappa shape index (κ2) is 5.22. The van der Waals surface area contributed by atoms with Gasteiger partial charge in [0.25, 0.3) is 0 Å². The molecular weight excluding hydrogens is 264 g/mol. The van der Waals surface area contributed by atoms with E-state index in [0.717, 1.165) is 21.7 Å². The Bertz CT molecular complexity index is 647. The van der Waals surface area contributed by atoms with Crippen molar-refractivity contribution < 1.29 is 14.2 Å².